The summed E-state index contributed by atoms with van der Waals surface area (Å²) < 4.78 is 64.2. The number of methoxy groups -OCH3 is 1. The molecule has 0 bridgehead atoms. The average Bonchev–Trinajstić information content (AvgIpc) is 2.38. The molecular weight excluding hydrogens is 331 g/mol. The molecule has 0 spiro atoms. The molecule has 0 saturated heterocycles. The number of halogens is 4. The largest absolute Gasteiger partial charge is 0.501 e. The summed E-state index contributed by atoms with van der Waals surface area (Å²) in [7, 11) is -3.77. The standard InChI is InChI=1S/C12H15ClF3NO3S/c1-20-8-9(13)6-7-17-10-2-4-11(5-3-10)21(18,19)12(14,15)16/h2-5,9,17H,6-8H2,1H3. The topological polar surface area (TPSA) is 55.4 Å². The molecule has 21 heavy (non-hydrogen) atoms. The van der Waals surface area contributed by atoms with Gasteiger partial charge in [0.2, 0.25) is 0 Å². The van der Waals surface area contributed by atoms with Crippen molar-refractivity contribution in [2.24, 2.45) is 0 Å². The summed E-state index contributed by atoms with van der Waals surface area (Å²) in [6, 6.07) is 4.38. The molecule has 1 rings (SSSR count). The lowest BCUT2D eigenvalue weighted by Gasteiger charge is -2.11. The molecule has 0 fully saturated rings. The first-order valence-electron chi connectivity index (χ1n) is 5.97. The Morgan fingerprint density at radius 3 is 2.33 bits per heavy atom. The molecule has 0 heterocycles. The number of nitrogens with one attached hydrogen (secondary N) is 1. The van der Waals surface area contributed by atoms with Crippen LogP contribution in [0.5, 0.6) is 0 Å². The van der Waals surface area contributed by atoms with Crippen LogP contribution in [-0.4, -0.2) is 39.6 Å². The predicted octanol–water partition coefficient (Wildman–Crippen LogP) is 3.04. The van der Waals surface area contributed by atoms with Gasteiger partial charge >= 0.3 is 5.51 Å². The van der Waals surface area contributed by atoms with Gasteiger partial charge in [-0.1, -0.05) is 0 Å². The van der Waals surface area contributed by atoms with E-state index in [0.29, 0.717) is 25.3 Å². The van der Waals surface area contributed by atoms with Gasteiger partial charge in [0.1, 0.15) is 0 Å². The molecule has 0 aromatic heterocycles. The first-order chi connectivity index (χ1) is 9.68. The van der Waals surface area contributed by atoms with Crippen molar-refractivity contribution in [2.75, 3.05) is 25.6 Å². The highest BCUT2D eigenvalue weighted by molar-refractivity contribution is 7.92. The number of sulfone groups is 1. The maximum absolute atomic E-state index is 12.4. The third-order valence-electron chi connectivity index (χ3n) is 2.60. The van der Waals surface area contributed by atoms with E-state index in [1.807, 2.05) is 0 Å². The number of ether oxygens (including phenoxy) is 1. The molecule has 0 aliphatic carbocycles. The lowest BCUT2D eigenvalue weighted by atomic mass is 10.3. The van der Waals surface area contributed by atoms with Crippen molar-refractivity contribution in [3.63, 3.8) is 0 Å². The highest BCUT2D eigenvalue weighted by Crippen LogP contribution is 2.30. The van der Waals surface area contributed by atoms with Crippen LogP contribution in [0.15, 0.2) is 29.2 Å². The van der Waals surface area contributed by atoms with Gasteiger partial charge in [0.05, 0.1) is 16.9 Å². The normalized spacial score (nSPS) is 14.0. The molecular formula is C12H15ClF3NO3S. The van der Waals surface area contributed by atoms with Gasteiger partial charge in [-0.05, 0) is 30.7 Å². The smallest absolute Gasteiger partial charge is 0.385 e. The molecule has 1 N–H and O–H groups in total. The van der Waals surface area contributed by atoms with Gasteiger partial charge in [-0.2, -0.15) is 13.2 Å². The van der Waals surface area contributed by atoms with Gasteiger partial charge in [-0.15, -0.1) is 11.6 Å². The molecule has 0 radical (unpaired) electrons. The highest BCUT2D eigenvalue weighted by atomic mass is 35.5. The van der Waals surface area contributed by atoms with Crippen molar-refractivity contribution < 1.29 is 26.3 Å². The van der Waals surface area contributed by atoms with Crippen molar-refractivity contribution in [1.29, 1.82) is 0 Å². The molecule has 0 amide bonds. The number of hydrogen-bond acceptors (Lipinski definition) is 4. The third-order valence-corrected chi connectivity index (χ3v) is 4.45. The van der Waals surface area contributed by atoms with Crippen LogP contribution in [0.1, 0.15) is 6.42 Å². The van der Waals surface area contributed by atoms with E-state index in [1.165, 1.54) is 19.2 Å². The Labute approximate surface area is 126 Å². The van der Waals surface area contributed by atoms with Crippen LogP contribution in [-0.2, 0) is 14.6 Å². The number of hydrogen-bond donors (Lipinski definition) is 1. The van der Waals surface area contributed by atoms with Crippen molar-refractivity contribution in [1.82, 2.24) is 0 Å². The number of benzene rings is 1. The number of alkyl halides is 4. The monoisotopic (exact) mass is 345 g/mol. The lowest BCUT2D eigenvalue weighted by Crippen LogP contribution is -2.23. The summed E-state index contributed by atoms with van der Waals surface area (Å²) in [5.74, 6) is 0. The van der Waals surface area contributed by atoms with Crippen LogP contribution in [0, 0.1) is 0 Å². The Morgan fingerprint density at radius 1 is 1.29 bits per heavy atom. The summed E-state index contributed by atoms with van der Waals surface area (Å²) in [6.45, 7) is 0.884. The minimum Gasteiger partial charge on any atom is -0.385 e. The SMILES string of the molecule is COCC(Cl)CCNc1ccc(S(=O)(=O)C(F)(F)F)cc1. The zero-order chi connectivity index (χ0) is 16.1. The molecule has 4 nitrogen and oxygen atoms in total. The summed E-state index contributed by atoms with van der Waals surface area (Å²) in [4.78, 5) is -0.782. The minimum atomic E-state index is -5.30. The summed E-state index contributed by atoms with van der Waals surface area (Å²) in [5, 5.41) is 2.76. The van der Waals surface area contributed by atoms with Crippen molar-refractivity contribution in [3.05, 3.63) is 24.3 Å². The molecule has 120 valence electrons. The Kier molecular flexibility index (Phi) is 6.30. The van der Waals surface area contributed by atoms with Crippen LogP contribution in [0.25, 0.3) is 0 Å². The van der Waals surface area contributed by atoms with Crippen molar-refractivity contribution in [2.45, 2.75) is 22.2 Å². The number of rotatable bonds is 7. The van der Waals surface area contributed by atoms with E-state index in [2.05, 4.69) is 5.32 Å². The quantitative estimate of drug-likeness (QED) is 0.772. The van der Waals surface area contributed by atoms with E-state index in [4.69, 9.17) is 16.3 Å². The number of anilines is 1. The fourth-order valence-electron chi connectivity index (χ4n) is 1.52. The van der Waals surface area contributed by atoms with Gasteiger partial charge in [-0.3, -0.25) is 0 Å². The maximum atomic E-state index is 12.4. The predicted molar refractivity (Wildman–Crippen MR) is 74.3 cm³/mol. The van der Waals surface area contributed by atoms with Gasteiger partial charge < -0.3 is 10.1 Å². The van der Waals surface area contributed by atoms with Crippen LogP contribution in [0.3, 0.4) is 0 Å². The first-order valence-corrected chi connectivity index (χ1v) is 7.88. The molecule has 0 aliphatic heterocycles. The summed E-state index contributed by atoms with van der Waals surface area (Å²) >= 11 is 5.91. The lowest BCUT2D eigenvalue weighted by molar-refractivity contribution is -0.0436. The molecule has 0 aliphatic rings. The summed E-state index contributed by atoms with van der Waals surface area (Å²) in [6.07, 6.45) is 0.595. The highest BCUT2D eigenvalue weighted by Gasteiger charge is 2.46. The van der Waals surface area contributed by atoms with E-state index < -0.39 is 20.2 Å². The van der Waals surface area contributed by atoms with E-state index >= 15 is 0 Å². The molecule has 1 aromatic carbocycles. The van der Waals surface area contributed by atoms with Gasteiger partial charge in [0, 0.05) is 19.3 Å². The third kappa shape index (κ3) is 5.05. The zero-order valence-corrected chi connectivity index (χ0v) is 12.7. The van der Waals surface area contributed by atoms with Crippen LogP contribution < -0.4 is 5.32 Å². The molecule has 9 heteroatoms. The van der Waals surface area contributed by atoms with E-state index in [9.17, 15) is 21.6 Å². The Morgan fingerprint density at radius 2 is 1.86 bits per heavy atom. The Bertz CT molecular complexity index is 546. The maximum Gasteiger partial charge on any atom is 0.501 e. The zero-order valence-electron chi connectivity index (χ0n) is 11.2. The van der Waals surface area contributed by atoms with Gasteiger partial charge in [-0.25, -0.2) is 8.42 Å². The molecule has 1 unspecified atom stereocenters. The van der Waals surface area contributed by atoms with E-state index in [0.717, 1.165) is 12.1 Å². The van der Waals surface area contributed by atoms with Gasteiger partial charge in [0.15, 0.2) is 0 Å². The fourth-order valence-corrected chi connectivity index (χ4v) is 2.52. The minimum absolute atomic E-state index is 0.174. The fraction of sp³-hybridized carbons (Fsp3) is 0.500. The van der Waals surface area contributed by atoms with Gasteiger partial charge in [0.25, 0.3) is 9.84 Å². The Balaban J connectivity index is 2.63. The molecule has 1 aromatic rings. The van der Waals surface area contributed by atoms with Crippen molar-refractivity contribution in [3.8, 4) is 0 Å². The van der Waals surface area contributed by atoms with Crippen LogP contribution >= 0.6 is 11.6 Å². The second-order valence-corrected chi connectivity index (χ2v) is 6.80. The second kappa shape index (κ2) is 7.33. The molecule has 1 atom stereocenters. The van der Waals surface area contributed by atoms with Crippen LogP contribution in [0.4, 0.5) is 18.9 Å². The Hall–Kier alpha value is -0.990. The first kappa shape index (κ1) is 18.1. The van der Waals surface area contributed by atoms with E-state index in [1.54, 1.807) is 0 Å². The molecule has 0 saturated carbocycles. The average molecular weight is 346 g/mol. The second-order valence-electron chi connectivity index (χ2n) is 4.24. The van der Waals surface area contributed by atoms with Crippen LogP contribution in [0.2, 0.25) is 0 Å². The summed E-state index contributed by atoms with van der Waals surface area (Å²) in [5.41, 5.74) is -4.79. The van der Waals surface area contributed by atoms with Crippen molar-refractivity contribution >= 4 is 27.1 Å². The van der Waals surface area contributed by atoms with E-state index in [-0.39, 0.29) is 5.38 Å².